The summed E-state index contributed by atoms with van der Waals surface area (Å²) >= 11 is 0. The number of hydrogen-bond acceptors (Lipinski definition) is 3. The van der Waals surface area contributed by atoms with Crippen molar-refractivity contribution in [3.63, 3.8) is 0 Å². The Morgan fingerprint density at radius 1 is 1.06 bits per heavy atom. The van der Waals surface area contributed by atoms with Crippen molar-refractivity contribution in [2.45, 2.75) is 32.4 Å². The lowest BCUT2D eigenvalue weighted by Crippen LogP contribution is -2.31. The molecule has 0 spiro atoms. The van der Waals surface area contributed by atoms with Gasteiger partial charge in [-0.25, -0.2) is 9.78 Å². The first-order chi connectivity index (χ1) is 15.2. The lowest BCUT2D eigenvalue weighted by molar-refractivity contribution is 0.0915. The topological polar surface area (TPSA) is 46.8 Å². The Bertz CT molecular complexity index is 1200. The van der Waals surface area contributed by atoms with E-state index in [1.165, 1.54) is 5.56 Å². The molecule has 31 heavy (non-hydrogen) atoms. The van der Waals surface area contributed by atoms with Gasteiger partial charge in [0.15, 0.2) is 0 Å². The lowest BCUT2D eigenvalue weighted by atomic mass is 10.1. The molecular formula is C26H25N3O2. The van der Waals surface area contributed by atoms with Crippen molar-refractivity contribution < 1.29 is 9.53 Å². The smallest absolute Gasteiger partial charge is 0.410 e. The molecule has 1 aliphatic rings. The monoisotopic (exact) mass is 411 g/mol. The number of likely N-dealkylation sites (tertiary alicyclic amines) is 1. The van der Waals surface area contributed by atoms with Crippen LogP contribution in [0.3, 0.4) is 0 Å². The van der Waals surface area contributed by atoms with Gasteiger partial charge >= 0.3 is 6.09 Å². The van der Waals surface area contributed by atoms with Crippen molar-refractivity contribution >= 4 is 11.7 Å². The fourth-order valence-electron chi connectivity index (χ4n) is 4.34. The Kier molecular flexibility index (Phi) is 5.16. The van der Waals surface area contributed by atoms with Crippen LogP contribution in [0.15, 0.2) is 79.1 Å². The summed E-state index contributed by atoms with van der Waals surface area (Å²) in [4.78, 5) is 19.6. The molecule has 5 heteroatoms. The molecule has 1 fully saturated rings. The van der Waals surface area contributed by atoms with E-state index in [1.54, 1.807) is 0 Å². The number of aromatic nitrogens is 2. The number of carbonyl (C=O) groups is 1. The number of imidazole rings is 1. The molecule has 0 bridgehead atoms. The molecule has 1 atom stereocenters. The normalized spacial score (nSPS) is 16.0. The molecule has 1 saturated heterocycles. The first-order valence-corrected chi connectivity index (χ1v) is 10.7. The highest BCUT2D eigenvalue weighted by Crippen LogP contribution is 2.34. The summed E-state index contributed by atoms with van der Waals surface area (Å²) in [5, 5.41) is 0. The maximum Gasteiger partial charge on any atom is 0.410 e. The SMILES string of the molecule is Cc1cc(-c2ccccc2)c2nc([C@@H]3CCCN3C(=O)OCc3ccccc3)cn2c1. The summed E-state index contributed by atoms with van der Waals surface area (Å²) in [6.45, 7) is 3.07. The van der Waals surface area contributed by atoms with Crippen molar-refractivity contribution in [2.24, 2.45) is 0 Å². The summed E-state index contributed by atoms with van der Waals surface area (Å²) in [6.07, 6.45) is 5.71. The van der Waals surface area contributed by atoms with Crippen LogP contribution >= 0.6 is 0 Å². The molecule has 1 aliphatic heterocycles. The third kappa shape index (κ3) is 3.91. The number of benzene rings is 2. The van der Waals surface area contributed by atoms with Gasteiger partial charge in [0.2, 0.25) is 0 Å². The first-order valence-electron chi connectivity index (χ1n) is 10.7. The number of pyridine rings is 1. The lowest BCUT2D eigenvalue weighted by Gasteiger charge is -2.22. The van der Waals surface area contributed by atoms with E-state index in [2.05, 4.69) is 41.9 Å². The van der Waals surface area contributed by atoms with Crippen molar-refractivity contribution in [3.8, 4) is 11.1 Å². The van der Waals surface area contributed by atoms with E-state index in [1.807, 2.05) is 53.4 Å². The van der Waals surface area contributed by atoms with Crippen molar-refractivity contribution in [3.05, 3.63) is 95.9 Å². The van der Waals surface area contributed by atoms with Crippen molar-refractivity contribution in [1.29, 1.82) is 0 Å². The van der Waals surface area contributed by atoms with Gasteiger partial charge in [-0.3, -0.25) is 4.90 Å². The van der Waals surface area contributed by atoms with E-state index in [9.17, 15) is 4.79 Å². The largest absolute Gasteiger partial charge is 0.445 e. The number of amides is 1. The van der Waals surface area contributed by atoms with Gasteiger partial charge in [0, 0.05) is 24.5 Å². The molecule has 3 heterocycles. The standard InChI is InChI=1S/C26H25N3O2/c1-19-15-22(21-11-6-3-7-12-21)25-27-23(17-28(25)16-19)24-13-8-14-29(24)26(30)31-18-20-9-4-2-5-10-20/h2-7,9-12,15-17,24H,8,13-14,18H2,1H3/t24-/m0/s1. The zero-order valence-corrected chi connectivity index (χ0v) is 17.6. The number of ether oxygens (including phenoxy) is 1. The van der Waals surface area contributed by atoms with Crippen LogP contribution in [-0.2, 0) is 11.3 Å². The first kappa shape index (κ1) is 19.4. The van der Waals surface area contributed by atoms with Crippen LogP contribution in [0.2, 0.25) is 0 Å². The molecule has 5 nitrogen and oxygen atoms in total. The van der Waals surface area contributed by atoms with E-state index in [-0.39, 0.29) is 18.7 Å². The number of fused-ring (bicyclic) bond motifs is 1. The summed E-state index contributed by atoms with van der Waals surface area (Å²) in [7, 11) is 0. The predicted molar refractivity (Wildman–Crippen MR) is 121 cm³/mol. The average Bonchev–Trinajstić information content (AvgIpc) is 3.45. The summed E-state index contributed by atoms with van der Waals surface area (Å²) in [6, 6.07) is 22.2. The highest BCUT2D eigenvalue weighted by molar-refractivity contribution is 5.78. The summed E-state index contributed by atoms with van der Waals surface area (Å²) < 4.78 is 7.68. The van der Waals surface area contributed by atoms with Gasteiger partial charge in [0.25, 0.3) is 0 Å². The molecule has 5 rings (SSSR count). The van der Waals surface area contributed by atoms with Crippen LogP contribution in [0.1, 0.15) is 35.7 Å². The Hall–Kier alpha value is -3.60. The number of hydrogen-bond donors (Lipinski definition) is 0. The molecule has 0 saturated carbocycles. The second-order valence-corrected chi connectivity index (χ2v) is 8.09. The molecule has 2 aromatic carbocycles. The minimum Gasteiger partial charge on any atom is -0.445 e. The van der Waals surface area contributed by atoms with Gasteiger partial charge in [-0.15, -0.1) is 0 Å². The number of nitrogens with zero attached hydrogens (tertiary/aromatic N) is 3. The van der Waals surface area contributed by atoms with E-state index in [4.69, 9.17) is 9.72 Å². The summed E-state index contributed by atoms with van der Waals surface area (Å²) in [5.74, 6) is 0. The van der Waals surface area contributed by atoms with Crippen LogP contribution in [0.5, 0.6) is 0 Å². The van der Waals surface area contributed by atoms with Crippen LogP contribution in [0.25, 0.3) is 16.8 Å². The summed E-state index contributed by atoms with van der Waals surface area (Å²) in [5.41, 5.74) is 6.22. The molecule has 4 aromatic rings. The zero-order valence-electron chi connectivity index (χ0n) is 17.6. The van der Waals surface area contributed by atoms with Gasteiger partial charge < -0.3 is 9.14 Å². The van der Waals surface area contributed by atoms with Crippen LogP contribution in [0.4, 0.5) is 4.79 Å². The Morgan fingerprint density at radius 2 is 1.81 bits per heavy atom. The highest BCUT2D eigenvalue weighted by atomic mass is 16.6. The second kappa shape index (κ2) is 8.26. The quantitative estimate of drug-likeness (QED) is 0.427. The van der Waals surface area contributed by atoms with Gasteiger partial charge in [-0.05, 0) is 42.5 Å². The van der Waals surface area contributed by atoms with E-state index < -0.39 is 0 Å². The zero-order chi connectivity index (χ0) is 21.2. The van der Waals surface area contributed by atoms with Gasteiger partial charge in [0.1, 0.15) is 12.3 Å². The minimum absolute atomic E-state index is 0.0629. The fraction of sp³-hybridized carbons (Fsp3) is 0.231. The average molecular weight is 412 g/mol. The molecular weight excluding hydrogens is 386 g/mol. The van der Waals surface area contributed by atoms with Gasteiger partial charge in [0.05, 0.1) is 11.7 Å². The highest BCUT2D eigenvalue weighted by Gasteiger charge is 2.33. The van der Waals surface area contributed by atoms with Gasteiger partial charge in [-0.1, -0.05) is 60.7 Å². The van der Waals surface area contributed by atoms with Crippen LogP contribution in [-0.4, -0.2) is 26.9 Å². The number of rotatable bonds is 4. The third-order valence-corrected chi connectivity index (χ3v) is 5.83. The molecule has 156 valence electrons. The third-order valence-electron chi connectivity index (χ3n) is 5.83. The van der Waals surface area contributed by atoms with Gasteiger partial charge in [-0.2, -0.15) is 0 Å². The number of carbonyl (C=O) groups excluding carboxylic acids is 1. The molecule has 1 amide bonds. The number of aryl methyl sites for hydroxylation is 1. The van der Waals surface area contributed by atoms with E-state index >= 15 is 0 Å². The predicted octanol–water partition coefficient (Wildman–Crippen LogP) is 5.78. The Morgan fingerprint density at radius 3 is 2.58 bits per heavy atom. The molecule has 0 aliphatic carbocycles. The van der Waals surface area contributed by atoms with Crippen LogP contribution < -0.4 is 0 Å². The van der Waals surface area contributed by atoms with Crippen molar-refractivity contribution in [2.75, 3.05) is 6.54 Å². The van der Waals surface area contributed by atoms with E-state index in [0.29, 0.717) is 6.54 Å². The maximum absolute atomic E-state index is 12.8. The second-order valence-electron chi connectivity index (χ2n) is 8.09. The molecule has 2 aromatic heterocycles. The molecule has 0 radical (unpaired) electrons. The molecule has 0 N–H and O–H groups in total. The van der Waals surface area contributed by atoms with Crippen LogP contribution in [0, 0.1) is 6.92 Å². The maximum atomic E-state index is 12.8. The Balaban J connectivity index is 1.42. The van der Waals surface area contributed by atoms with E-state index in [0.717, 1.165) is 40.9 Å². The fourth-order valence-corrected chi connectivity index (χ4v) is 4.34. The van der Waals surface area contributed by atoms with Crippen molar-refractivity contribution in [1.82, 2.24) is 14.3 Å². The minimum atomic E-state index is -0.275. The molecule has 0 unspecified atom stereocenters. The Labute approximate surface area is 181 Å².